The van der Waals surface area contributed by atoms with Crippen LogP contribution < -0.4 is 11.5 Å². The third-order valence-electron chi connectivity index (χ3n) is 2.91. The third kappa shape index (κ3) is 1.85. The van der Waals surface area contributed by atoms with Crippen LogP contribution >= 0.6 is 0 Å². The van der Waals surface area contributed by atoms with E-state index in [1.54, 1.807) is 0 Å². The first-order valence-electron chi connectivity index (χ1n) is 5.05. The van der Waals surface area contributed by atoms with Gasteiger partial charge in [-0.15, -0.1) is 0 Å². The fraction of sp³-hybridized carbons (Fsp3) is 0.364. The first kappa shape index (κ1) is 10.9. The Balaban J connectivity index is 2.33. The van der Waals surface area contributed by atoms with Gasteiger partial charge >= 0.3 is 0 Å². The number of nitrogens with zero attached hydrogens (tertiary/aromatic N) is 1. The highest BCUT2D eigenvalue weighted by Crippen LogP contribution is 2.50. The van der Waals surface area contributed by atoms with Crippen molar-refractivity contribution in [3.05, 3.63) is 35.4 Å². The molecule has 5 heteroatoms. The van der Waals surface area contributed by atoms with E-state index in [-0.39, 0.29) is 18.1 Å². The van der Waals surface area contributed by atoms with E-state index in [0.29, 0.717) is 12.8 Å². The van der Waals surface area contributed by atoms with Gasteiger partial charge in [0, 0.05) is 11.0 Å². The molecule has 0 aliphatic heterocycles. The van der Waals surface area contributed by atoms with E-state index >= 15 is 0 Å². The number of halogens is 2. The van der Waals surface area contributed by atoms with Gasteiger partial charge in [-0.1, -0.05) is 6.07 Å². The molecule has 0 spiro atoms. The Morgan fingerprint density at radius 2 is 1.81 bits per heavy atom. The first-order valence-corrected chi connectivity index (χ1v) is 5.05. The normalized spacial score (nSPS) is 16.9. The van der Waals surface area contributed by atoms with Crippen LogP contribution in [0.15, 0.2) is 23.2 Å². The number of nitrogens with two attached hydrogens (primary N) is 2. The Labute approximate surface area is 92.2 Å². The minimum absolute atomic E-state index is 0.0528. The third-order valence-corrected chi connectivity index (χ3v) is 2.91. The standard InChI is InChI=1S/C11H13F2N3/c12-7-2-1-3-8(13)9(7)11(4-5-11)6-16-10(14)15/h1-3H,4-6H2,(H4,14,15,16). The van der Waals surface area contributed by atoms with Gasteiger partial charge in [0.2, 0.25) is 0 Å². The molecule has 0 saturated heterocycles. The lowest BCUT2D eigenvalue weighted by Crippen LogP contribution is -2.25. The van der Waals surface area contributed by atoms with Crippen molar-refractivity contribution in [3.63, 3.8) is 0 Å². The van der Waals surface area contributed by atoms with Gasteiger partial charge in [-0.25, -0.2) is 8.78 Å². The molecule has 16 heavy (non-hydrogen) atoms. The molecular weight excluding hydrogens is 212 g/mol. The largest absolute Gasteiger partial charge is 0.370 e. The Morgan fingerprint density at radius 3 is 2.25 bits per heavy atom. The Morgan fingerprint density at radius 1 is 1.25 bits per heavy atom. The summed E-state index contributed by atoms with van der Waals surface area (Å²) >= 11 is 0. The number of aliphatic imine (C=N–C) groups is 1. The number of guanidine groups is 1. The molecule has 4 N–H and O–H groups in total. The zero-order chi connectivity index (χ0) is 11.8. The van der Waals surface area contributed by atoms with Gasteiger partial charge in [-0.05, 0) is 25.0 Å². The summed E-state index contributed by atoms with van der Waals surface area (Å²) < 4.78 is 27.1. The molecule has 0 aromatic heterocycles. The predicted octanol–water partition coefficient (Wildman–Crippen LogP) is 1.27. The number of rotatable bonds is 3. The zero-order valence-electron chi connectivity index (χ0n) is 8.71. The van der Waals surface area contributed by atoms with Crippen LogP contribution in [-0.4, -0.2) is 12.5 Å². The van der Waals surface area contributed by atoms with E-state index < -0.39 is 17.0 Å². The molecule has 86 valence electrons. The fourth-order valence-electron chi connectivity index (χ4n) is 1.89. The maximum Gasteiger partial charge on any atom is 0.185 e. The topological polar surface area (TPSA) is 64.4 Å². The molecule has 1 fully saturated rings. The van der Waals surface area contributed by atoms with Crippen molar-refractivity contribution in [2.24, 2.45) is 16.5 Å². The van der Waals surface area contributed by atoms with Crippen LogP contribution in [0.2, 0.25) is 0 Å². The summed E-state index contributed by atoms with van der Waals surface area (Å²) in [7, 11) is 0. The summed E-state index contributed by atoms with van der Waals surface area (Å²) in [5, 5.41) is 0. The van der Waals surface area contributed by atoms with Crippen LogP contribution in [0.3, 0.4) is 0 Å². The smallest absolute Gasteiger partial charge is 0.185 e. The molecule has 0 unspecified atom stereocenters. The second kappa shape index (κ2) is 3.73. The van der Waals surface area contributed by atoms with Gasteiger partial charge in [0.05, 0.1) is 6.54 Å². The molecule has 1 aliphatic rings. The second-order valence-corrected chi connectivity index (χ2v) is 4.12. The van der Waals surface area contributed by atoms with Crippen molar-refractivity contribution in [2.75, 3.05) is 6.54 Å². The lowest BCUT2D eigenvalue weighted by Gasteiger charge is -2.14. The molecule has 0 bridgehead atoms. The molecule has 2 rings (SSSR count). The van der Waals surface area contributed by atoms with Crippen LogP contribution in [0.1, 0.15) is 18.4 Å². The van der Waals surface area contributed by atoms with Gasteiger partial charge < -0.3 is 11.5 Å². The van der Waals surface area contributed by atoms with Gasteiger partial charge in [0.25, 0.3) is 0 Å². The highest BCUT2D eigenvalue weighted by Gasteiger charge is 2.47. The summed E-state index contributed by atoms with van der Waals surface area (Å²) in [5.41, 5.74) is 10.0. The number of benzene rings is 1. The van der Waals surface area contributed by atoms with Crippen molar-refractivity contribution < 1.29 is 8.78 Å². The summed E-state index contributed by atoms with van der Waals surface area (Å²) in [6.07, 6.45) is 1.42. The molecular formula is C11H13F2N3. The monoisotopic (exact) mass is 225 g/mol. The maximum atomic E-state index is 13.6. The highest BCUT2D eigenvalue weighted by atomic mass is 19.1. The molecule has 1 aliphatic carbocycles. The average Bonchev–Trinajstić information content (AvgIpc) is 2.96. The van der Waals surface area contributed by atoms with Crippen LogP contribution in [0.25, 0.3) is 0 Å². The van der Waals surface area contributed by atoms with E-state index in [2.05, 4.69) is 4.99 Å². The van der Waals surface area contributed by atoms with Gasteiger partial charge in [-0.2, -0.15) is 0 Å². The zero-order valence-corrected chi connectivity index (χ0v) is 8.71. The van der Waals surface area contributed by atoms with Crippen LogP contribution in [0, 0.1) is 11.6 Å². The maximum absolute atomic E-state index is 13.6. The summed E-state index contributed by atoms with van der Waals surface area (Å²) in [6, 6.07) is 3.87. The Hall–Kier alpha value is -1.65. The summed E-state index contributed by atoms with van der Waals surface area (Å²) in [4.78, 5) is 3.86. The van der Waals surface area contributed by atoms with Gasteiger partial charge in [-0.3, -0.25) is 4.99 Å². The molecule has 1 saturated carbocycles. The highest BCUT2D eigenvalue weighted by molar-refractivity contribution is 5.75. The molecule has 1 aromatic carbocycles. The van der Waals surface area contributed by atoms with E-state index in [4.69, 9.17) is 11.5 Å². The van der Waals surface area contributed by atoms with Crippen molar-refractivity contribution in [2.45, 2.75) is 18.3 Å². The van der Waals surface area contributed by atoms with E-state index in [1.165, 1.54) is 18.2 Å². The van der Waals surface area contributed by atoms with E-state index in [0.717, 1.165) is 0 Å². The molecule has 0 heterocycles. The van der Waals surface area contributed by atoms with Crippen LogP contribution in [0.5, 0.6) is 0 Å². The minimum Gasteiger partial charge on any atom is -0.370 e. The van der Waals surface area contributed by atoms with Gasteiger partial charge in [0.15, 0.2) is 5.96 Å². The molecule has 1 aromatic rings. The molecule has 3 nitrogen and oxygen atoms in total. The number of hydrogen-bond acceptors (Lipinski definition) is 1. The van der Waals surface area contributed by atoms with Crippen molar-refractivity contribution in [3.8, 4) is 0 Å². The van der Waals surface area contributed by atoms with Crippen LogP contribution in [-0.2, 0) is 5.41 Å². The predicted molar refractivity (Wildman–Crippen MR) is 57.9 cm³/mol. The van der Waals surface area contributed by atoms with Crippen molar-refractivity contribution >= 4 is 5.96 Å². The van der Waals surface area contributed by atoms with E-state index in [9.17, 15) is 8.78 Å². The van der Waals surface area contributed by atoms with Crippen molar-refractivity contribution in [1.29, 1.82) is 0 Å². The average molecular weight is 225 g/mol. The lowest BCUT2D eigenvalue weighted by atomic mass is 9.95. The number of hydrogen-bond donors (Lipinski definition) is 2. The summed E-state index contributed by atoms with van der Waals surface area (Å²) in [5.74, 6) is -1.10. The Kier molecular flexibility index (Phi) is 2.53. The van der Waals surface area contributed by atoms with Gasteiger partial charge in [0.1, 0.15) is 11.6 Å². The summed E-state index contributed by atoms with van der Waals surface area (Å²) in [6.45, 7) is 0.243. The SMILES string of the molecule is NC(N)=NCC1(c2c(F)cccc2F)CC1. The first-order chi connectivity index (χ1) is 7.55. The Bertz CT molecular complexity index is 415. The quantitative estimate of drug-likeness (QED) is 0.601. The second-order valence-electron chi connectivity index (χ2n) is 4.12. The molecule has 0 radical (unpaired) electrons. The van der Waals surface area contributed by atoms with Crippen LogP contribution in [0.4, 0.5) is 8.78 Å². The minimum atomic E-state index is -0.542. The van der Waals surface area contributed by atoms with E-state index in [1.807, 2.05) is 0 Å². The molecule has 0 amide bonds. The fourth-order valence-corrected chi connectivity index (χ4v) is 1.89. The van der Waals surface area contributed by atoms with Crippen molar-refractivity contribution in [1.82, 2.24) is 0 Å². The molecule has 0 atom stereocenters. The lowest BCUT2D eigenvalue weighted by molar-refractivity contribution is 0.517.